The summed E-state index contributed by atoms with van der Waals surface area (Å²) >= 11 is 0. The van der Waals surface area contributed by atoms with Gasteiger partial charge in [-0.2, -0.15) is 8.42 Å². The van der Waals surface area contributed by atoms with Crippen molar-refractivity contribution in [1.82, 2.24) is 0 Å². The van der Waals surface area contributed by atoms with Gasteiger partial charge < -0.3 is 9.47 Å². The average Bonchev–Trinajstić information content (AvgIpc) is 2.94. The lowest BCUT2D eigenvalue weighted by atomic mass is 10.0. The van der Waals surface area contributed by atoms with Crippen LogP contribution in [0.1, 0.15) is 18.1 Å². The van der Waals surface area contributed by atoms with Gasteiger partial charge in [-0.1, -0.05) is 18.2 Å². The fraction of sp³-hybridized carbons (Fsp3) is 0.438. The van der Waals surface area contributed by atoms with E-state index >= 15 is 0 Å². The van der Waals surface area contributed by atoms with Gasteiger partial charge in [0, 0.05) is 5.56 Å². The number of carbonyl (C=O) groups excluding carboxylic acids is 1. The zero-order valence-corrected chi connectivity index (χ0v) is 14.4. The van der Waals surface area contributed by atoms with E-state index in [1.54, 1.807) is 12.1 Å². The molecule has 1 unspecified atom stereocenters. The van der Waals surface area contributed by atoms with Crippen LogP contribution >= 0.6 is 0 Å². The Morgan fingerprint density at radius 1 is 1.36 bits per heavy atom. The Labute approximate surface area is 145 Å². The fourth-order valence-electron chi connectivity index (χ4n) is 2.71. The molecule has 7 nitrogen and oxygen atoms in total. The molecule has 3 rings (SSSR count). The highest BCUT2D eigenvalue weighted by molar-refractivity contribution is 7.85. The summed E-state index contributed by atoms with van der Waals surface area (Å²) in [5.74, 6) is -0.471. The summed E-state index contributed by atoms with van der Waals surface area (Å²) in [4.78, 5) is 13.2. The topological polar surface area (TPSA) is 82.1 Å². The summed E-state index contributed by atoms with van der Waals surface area (Å²) in [7, 11) is -3.63. The largest absolute Gasteiger partial charge is 0.441 e. The van der Waals surface area contributed by atoms with Crippen LogP contribution in [0.2, 0.25) is 0 Å². The maximum atomic E-state index is 14.4. The summed E-state index contributed by atoms with van der Waals surface area (Å²) in [5, 5.41) is 0. The van der Waals surface area contributed by atoms with Gasteiger partial charge in [0.15, 0.2) is 0 Å². The minimum atomic E-state index is -3.63. The van der Waals surface area contributed by atoms with Gasteiger partial charge in [-0.3, -0.25) is 9.08 Å². The van der Waals surface area contributed by atoms with E-state index in [9.17, 15) is 17.6 Å². The lowest BCUT2D eigenvalue weighted by molar-refractivity contribution is 0.0651. The third-order valence-corrected chi connectivity index (χ3v) is 4.46. The standard InChI is InChI=1S/C16H18FNO6S/c1-25(20,21)23-10-12-9-18(16(19)24-12)11-5-6-13(14(17)8-11)15-4-2-3-7-22-15/h2-3,5-6,8,12,15H,4,7,9-10H2,1H3/t12-,15?/m1/s1. The van der Waals surface area contributed by atoms with Gasteiger partial charge in [-0.25, -0.2) is 9.18 Å². The molecule has 0 N–H and O–H groups in total. The predicted molar refractivity (Wildman–Crippen MR) is 87.3 cm³/mol. The monoisotopic (exact) mass is 371 g/mol. The Kier molecular flexibility index (Phi) is 5.07. The van der Waals surface area contributed by atoms with E-state index in [1.807, 2.05) is 12.2 Å². The Morgan fingerprint density at radius 2 is 2.16 bits per heavy atom. The van der Waals surface area contributed by atoms with Crippen molar-refractivity contribution in [3.63, 3.8) is 0 Å². The van der Waals surface area contributed by atoms with Crippen LogP contribution in [0.5, 0.6) is 0 Å². The lowest BCUT2D eigenvalue weighted by Crippen LogP contribution is -2.26. The lowest BCUT2D eigenvalue weighted by Gasteiger charge is -2.21. The smallest absolute Gasteiger partial charge is 0.414 e. The summed E-state index contributed by atoms with van der Waals surface area (Å²) in [6.45, 7) is 0.242. The molecule has 2 heterocycles. The third kappa shape index (κ3) is 4.36. The van der Waals surface area contributed by atoms with Crippen LogP contribution in [0, 0.1) is 5.82 Å². The molecule has 9 heteroatoms. The van der Waals surface area contributed by atoms with Gasteiger partial charge in [0.2, 0.25) is 0 Å². The minimum Gasteiger partial charge on any atom is -0.441 e. The Bertz CT molecular complexity index is 794. The van der Waals surface area contributed by atoms with Crippen molar-refractivity contribution < 1.29 is 31.3 Å². The van der Waals surface area contributed by atoms with Crippen molar-refractivity contribution in [3.05, 3.63) is 41.7 Å². The average molecular weight is 371 g/mol. The summed E-state index contributed by atoms with van der Waals surface area (Å²) in [5.41, 5.74) is 0.761. The summed E-state index contributed by atoms with van der Waals surface area (Å²) in [6, 6.07) is 4.45. The first kappa shape index (κ1) is 17.8. The number of hydrogen-bond donors (Lipinski definition) is 0. The number of amides is 1. The van der Waals surface area contributed by atoms with Crippen LogP contribution in [0.25, 0.3) is 0 Å². The van der Waals surface area contributed by atoms with Gasteiger partial charge in [-0.15, -0.1) is 0 Å². The van der Waals surface area contributed by atoms with E-state index in [1.165, 1.54) is 11.0 Å². The molecule has 0 saturated carbocycles. The van der Waals surface area contributed by atoms with Crippen LogP contribution in [0.4, 0.5) is 14.9 Å². The molecular formula is C16H18FNO6S. The van der Waals surface area contributed by atoms with Gasteiger partial charge in [0.25, 0.3) is 10.1 Å². The Balaban J connectivity index is 1.70. The van der Waals surface area contributed by atoms with Crippen molar-refractivity contribution in [2.75, 3.05) is 30.9 Å². The zero-order valence-electron chi connectivity index (χ0n) is 13.6. The molecule has 136 valence electrons. The van der Waals surface area contributed by atoms with E-state index in [4.69, 9.17) is 9.47 Å². The first-order valence-electron chi connectivity index (χ1n) is 7.72. The minimum absolute atomic E-state index is 0.0792. The molecule has 2 atom stereocenters. The summed E-state index contributed by atoms with van der Waals surface area (Å²) < 4.78 is 51.6. The van der Waals surface area contributed by atoms with Gasteiger partial charge >= 0.3 is 6.09 Å². The van der Waals surface area contributed by atoms with Crippen molar-refractivity contribution in [2.24, 2.45) is 0 Å². The number of anilines is 1. The van der Waals surface area contributed by atoms with Crippen molar-refractivity contribution in [2.45, 2.75) is 18.6 Å². The molecular weight excluding hydrogens is 353 g/mol. The highest BCUT2D eigenvalue weighted by atomic mass is 32.2. The van der Waals surface area contributed by atoms with Gasteiger partial charge in [0.1, 0.15) is 18.5 Å². The number of ether oxygens (including phenoxy) is 2. The zero-order chi connectivity index (χ0) is 18.0. The number of cyclic esters (lactones) is 1. The number of nitrogens with zero attached hydrogens (tertiary/aromatic N) is 1. The number of carbonyl (C=O) groups is 1. The molecule has 0 aromatic heterocycles. The second-order valence-corrected chi connectivity index (χ2v) is 7.48. The van der Waals surface area contributed by atoms with E-state index in [-0.39, 0.29) is 19.3 Å². The molecule has 1 aromatic rings. The number of rotatable bonds is 5. The van der Waals surface area contributed by atoms with Crippen LogP contribution in [-0.4, -0.2) is 46.6 Å². The SMILES string of the molecule is CS(=O)(=O)OC[C@H]1CN(c2ccc(C3CC=CCO3)c(F)c2)C(=O)O1. The van der Waals surface area contributed by atoms with Gasteiger partial charge in [0.05, 0.1) is 31.2 Å². The molecule has 0 radical (unpaired) electrons. The molecule has 1 aromatic carbocycles. The van der Waals surface area contributed by atoms with Crippen molar-refractivity contribution >= 4 is 21.9 Å². The fourth-order valence-corrected chi connectivity index (χ4v) is 3.11. The highest BCUT2D eigenvalue weighted by Crippen LogP contribution is 2.30. The molecule has 0 spiro atoms. The normalized spacial score (nSPS) is 23.8. The molecule has 1 saturated heterocycles. The van der Waals surface area contributed by atoms with Crippen LogP contribution in [0.15, 0.2) is 30.4 Å². The third-order valence-electron chi connectivity index (χ3n) is 3.90. The highest BCUT2D eigenvalue weighted by Gasteiger charge is 2.33. The van der Waals surface area contributed by atoms with Crippen LogP contribution in [-0.2, 0) is 23.8 Å². The Hall–Kier alpha value is -1.97. The predicted octanol–water partition coefficient (Wildman–Crippen LogP) is 2.14. The molecule has 1 amide bonds. The quantitative estimate of drug-likeness (QED) is 0.583. The van der Waals surface area contributed by atoms with Crippen molar-refractivity contribution in [1.29, 1.82) is 0 Å². The molecule has 0 aliphatic carbocycles. The first-order chi connectivity index (χ1) is 11.8. The molecule has 2 aliphatic rings. The van der Waals surface area contributed by atoms with E-state index in [0.717, 1.165) is 6.26 Å². The van der Waals surface area contributed by atoms with Crippen LogP contribution in [0.3, 0.4) is 0 Å². The second-order valence-electron chi connectivity index (χ2n) is 5.84. The molecule has 0 bridgehead atoms. The van der Waals surface area contributed by atoms with E-state index in [2.05, 4.69) is 4.18 Å². The Morgan fingerprint density at radius 3 is 2.80 bits per heavy atom. The van der Waals surface area contributed by atoms with Crippen molar-refractivity contribution in [3.8, 4) is 0 Å². The number of hydrogen-bond acceptors (Lipinski definition) is 6. The molecule has 1 fully saturated rings. The number of benzene rings is 1. The van der Waals surface area contributed by atoms with E-state index in [0.29, 0.717) is 24.3 Å². The number of halogens is 1. The molecule has 2 aliphatic heterocycles. The maximum absolute atomic E-state index is 14.4. The summed E-state index contributed by atoms with van der Waals surface area (Å²) in [6.07, 6.45) is 3.56. The van der Waals surface area contributed by atoms with Gasteiger partial charge in [-0.05, 0) is 18.6 Å². The second kappa shape index (κ2) is 7.11. The molecule has 25 heavy (non-hydrogen) atoms. The maximum Gasteiger partial charge on any atom is 0.414 e. The van der Waals surface area contributed by atoms with E-state index < -0.39 is 28.1 Å². The first-order valence-corrected chi connectivity index (χ1v) is 9.54. The van der Waals surface area contributed by atoms with Crippen LogP contribution < -0.4 is 4.90 Å².